The number of oxazole rings is 1. The fraction of sp³-hybridized carbons (Fsp3) is 0.182. The van der Waals surface area contributed by atoms with E-state index in [1.165, 1.54) is 10.6 Å². The Morgan fingerprint density at radius 3 is 2.35 bits per heavy atom. The van der Waals surface area contributed by atoms with E-state index >= 15 is 0 Å². The van der Waals surface area contributed by atoms with Crippen molar-refractivity contribution in [2.75, 3.05) is 18.0 Å². The van der Waals surface area contributed by atoms with Crippen molar-refractivity contribution < 1.29 is 17.4 Å². The first kappa shape index (κ1) is 20.8. The molecule has 0 aliphatic heterocycles. The number of rotatable bonds is 7. The van der Waals surface area contributed by atoms with E-state index in [0.717, 1.165) is 11.1 Å². The van der Waals surface area contributed by atoms with E-state index in [1.807, 2.05) is 30.3 Å². The Balaban J connectivity index is 1.79. The lowest BCUT2D eigenvalue weighted by Crippen LogP contribution is -2.38. The van der Waals surface area contributed by atoms with Gasteiger partial charge in [-0.05, 0) is 44.7 Å². The summed E-state index contributed by atoms with van der Waals surface area (Å²) in [5.41, 5.74) is 3.45. The molecule has 0 unspecified atom stereocenters. The molecular weight excluding hydrogens is 416 g/mol. The van der Waals surface area contributed by atoms with E-state index in [1.54, 1.807) is 45.3 Å². The summed E-state index contributed by atoms with van der Waals surface area (Å²) in [6.45, 7) is 3.60. The molecule has 31 heavy (non-hydrogen) atoms. The lowest BCUT2D eigenvalue weighted by atomic mass is 10.0. The first-order valence-corrected chi connectivity index (χ1v) is 11.1. The second kappa shape index (κ2) is 8.37. The van der Waals surface area contributed by atoms with E-state index in [4.69, 9.17) is 8.94 Å². The number of hydrogen-bond donors (Lipinski definition) is 1. The number of hydrogen-bond acceptors (Lipinski definition) is 7. The van der Waals surface area contributed by atoms with Crippen LogP contribution in [0.15, 0.2) is 74.8 Å². The highest BCUT2D eigenvalue weighted by molar-refractivity contribution is 7.93. The fourth-order valence-electron chi connectivity index (χ4n) is 3.25. The fourth-order valence-corrected chi connectivity index (χ4v) is 4.89. The van der Waals surface area contributed by atoms with Crippen LogP contribution in [0.2, 0.25) is 0 Å². The van der Waals surface area contributed by atoms with E-state index < -0.39 is 10.0 Å². The van der Waals surface area contributed by atoms with Crippen molar-refractivity contribution in [1.29, 1.82) is 0 Å². The van der Waals surface area contributed by atoms with Gasteiger partial charge in [0.2, 0.25) is 11.8 Å². The minimum Gasteiger partial charge on any atom is -0.445 e. The molecule has 4 rings (SSSR count). The molecule has 9 heteroatoms. The van der Waals surface area contributed by atoms with E-state index in [-0.39, 0.29) is 17.4 Å². The van der Waals surface area contributed by atoms with Gasteiger partial charge in [-0.2, -0.15) is 0 Å². The molecule has 4 aromatic rings. The van der Waals surface area contributed by atoms with Crippen LogP contribution >= 0.6 is 0 Å². The minimum atomic E-state index is -3.95. The predicted molar refractivity (Wildman–Crippen MR) is 117 cm³/mol. The number of anilines is 1. The SMILES string of the molecule is CNCN(c1onc(C)c1C)S(=O)(=O)c1ccccc1-c1ccc(-c2ncco2)cc1. The second-order valence-electron chi connectivity index (χ2n) is 6.97. The van der Waals surface area contributed by atoms with Crippen molar-refractivity contribution >= 4 is 15.9 Å². The quantitative estimate of drug-likeness (QED) is 0.435. The molecule has 0 saturated carbocycles. The number of sulfonamides is 1. The zero-order chi connectivity index (χ0) is 22.0. The summed E-state index contributed by atoms with van der Waals surface area (Å²) in [4.78, 5) is 4.31. The van der Waals surface area contributed by atoms with Crippen LogP contribution in [0, 0.1) is 13.8 Å². The van der Waals surface area contributed by atoms with Gasteiger partial charge >= 0.3 is 0 Å². The lowest BCUT2D eigenvalue weighted by Gasteiger charge is -2.23. The molecule has 0 atom stereocenters. The van der Waals surface area contributed by atoms with Gasteiger partial charge in [-0.15, -0.1) is 0 Å². The summed E-state index contributed by atoms with van der Waals surface area (Å²) in [5, 5.41) is 6.82. The molecule has 0 saturated heterocycles. The first-order valence-electron chi connectivity index (χ1n) is 9.63. The lowest BCUT2D eigenvalue weighted by molar-refractivity contribution is 0.417. The van der Waals surface area contributed by atoms with Crippen molar-refractivity contribution in [2.45, 2.75) is 18.7 Å². The van der Waals surface area contributed by atoms with Crippen molar-refractivity contribution in [3.05, 3.63) is 72.2 Å². The average molecular weight is 439 g/mol. The highest BCUT2D eigenvalue weighted by Crippen LogP contribution is 2.34. The molecule has 2 heterocycles. The molecule has 0 radical (unpaired) electrons. The standard InChI is InChI=1S/C22H22N4O4S/c1-15-16(2)25-30-22(15)26(14-23-3)31(27,28)20-7-5-4-6-19(20)17-8-10-18(11-9-17)21-24-12-13-29-21/h4-13,23H,14H2,1-3H3. The minimum absolute atomic E-state index is 0.0369. The number of benzene rings is 2. The van der Waals surface area contributed by atoms with Crippen molar-refractivity contribution in [1.82, 2.24) is 15.5 Å². The first-order chi connectivity index (χ1) is 14.9. The van der Waals surface area contributed by atoms with Crippen LogP contribution in [-0.4, -0.2) is 32.3 Å². The van der Waals surface area contributed by atoms with Crippen molar-refractivity contribution in [3.8, 4) is 22.6 Å². The monoisotopic (exact) mass is 438 g/mol. The zero-order valence-corrected chi connectivity index (χ0v) is 18.2. The van der Waals surface area contributed by atoms with Crippen molar-refractivity contribution in [3.63, 3.8) is 0 Å². The third kappa shape index (κ3) is 3.85. The van der Waals surface area contributed by atoms with Gasteiger partial charge in [0.15, 0.2) is 0 Å². The molecule has 160 valence electrons. The van der Waals surface area contributed by atoms with Crippen molar-refractivity contribution in [2.24, 2.45) is 0 Å². The Bertz CT molecular complexity index is 1280. The van der Waals surface area contributed by atoms with Gasteiger partial charge in [0.1, 0.15) is 6.26 Å². The molecule has 0 bridgehead atoms. The number of nitrogens with zero attached hydrogens (tertiary/aromatic N) is 3. The molecule has 0 fully saturated rings. The maximum Gasteiger partial charge on any atom is 0.268 e. The van der Waals surface area contributed by atoms with Gasteiger partial charge < -0.3 is 14.3 Å². The third-order valence-electron chi connectivity index (χ3n) is 4.99. The van der Waals surface area contributed by atoms with Crippen LogP contribution in [0.5, 0.6) is 0 Å². The van der Waals surface area contributed by atoms with Crippen LogP contribution in [0.3, 0.4) is 0 Å². The summed E-state index contributed by atoms with van der Waals surface area (Å²) in [6, 6.07) is 14.3. The second-order valence-corrected chi connectivity index (χ2v) is 8.80. The molecule has 0 aliphatic carbocycles. The summed E-state index contributed by atoms with van der Waals surface area (Å²) in [5.74, 6) is 0.699. The van der Waals surface area contributed by atoms with Crippen LogP contribution in [-0.2, 0) is 10.0 Å². The summed E-state index contributed by atoms with van der Waals surface area (Å²) < 4.78 is 39.3. The van der Waals surface area contributed by atoms with Gasteiger partial charge in [-0.1, -0.05) is 35.5 Å². The molecule has 0 amide bonds. The number of aryl methyl sites for hydroxylation is 1. The van der Waals surface area contributed by atoms with Gasteiger partial charge in [-0.3, -0.25) is 0 Å². The Labute approximate surface area is 180 Å². The number of nitrogens with one attached hydrogen (secondary N) is 1. The molecule has 0 spiro atoms. The summed E-state index contributed by atoms with van der Waals surface area (Å²) in [6.07, 6.45) is 3.09. The van der Waals surface area contributed by atoms with Gasteiger partial charge in [0.25, 0.3) is 10.0 Å². The number of aromatic nitrogens is 2. The normalized spacial score (nSPS) is 11.6. The predicted octanol–water partition coefficient (Wildman–Crippen LogP) is 3.99. The smallest absolute Gasteiger partial charge is 0.268 e. The average Bonchev–Trinajstić information content (AvgIpc) is 3.43. The van der Waals surface area contributed by atoms with E-state index in [0.29, 0.717) is 22.7 Å². The largest absolute Gasteiger partial charge is 0.445 e. The molecule has 2 aromatic heterocycles. The Kier molecular flexibility index (Phi) is 5.62. The van der Waals surface area contributed by atoms with Crippen LogP contribution in [0.25, 0.3) is 22.6 Å². The molecule has 8 nitrogen and oxygen atoms in total. The van der Waals surface area contributed by atoms with Gasteiger partial charge in [0, 0.05) is 16.7 Å². The van der Waals surface area contributed by atoms with E-state index in [2.05, 4.69) is 15.5 Å². The highest BCUT2D eigenvalue weighted by Gasteiger charge is 2.31. The molecule has 0 aliphatic rings. The maximum atomic E-state index is 13.7. The topological polar surface area (TPSA) is 101 Å². The Morgan fingerprint density at radius 2 is 1.74 bits per heavy atom. The summed E-state index contributed by atoms with van der Waals surface area (Å²) in [7, 11) is -2.28. The van der Waals surface area contributed by atoms with Crippen LogP contribution < -0.4 is 9.62 Å². The van der Waals surface area contributed by atoms with Gasteiger partial charge in [0.05, 0.1) is 23.5 Å². The molecule has 1 N–H and O–H groups in total. The maximum absolute atomic E-state index is 13.7. The van der Waals surface area contributed by atoms with Crippen LogP contribution in [0.1, 0.15) is 11.3 Å². The van der Waals surface area contributed by atoms with Gasteiger partial charge in [-0.25, -0.2) is 17.7 Å². The zero-order valence-electron chi connectivity index (χ0n) is 17.4. The molecular formula is C22H22N4O4S. The summed E-state index contributed by atoms with van der Waals surface area (Å²) >= 11 is 0. The Morgan fingerprint density at radius 1 is 1.03 bits per heavy atom. The molecule has 2 aromatic carbocycles. The Hall–Kier alpha value is -3.43. The van der Waals surface area contributed by atoms with Crippen LogP contribution in [0.4, 0.5) is 5.88 Å². The highest BCUT2D eigenvalue weighted by atomic mass is 32.2. The third-order valence-corrected chi connectivity index (χ3v) is 6.78. The van der Waals surface area contributed by atoms with E-state index in [9.17, 15) is 8.42 Å².